The number of ether oxygens (including phenoxy) is 2. The highest BCUT2D eigenvalue weighted by Crippen LogP contribution is 2.29. The molecular weight excluding hydrogens is 324 g/mol. The molecule has 0 saturated carbocycles. The zero-order valence-electron chi connectivity index (χ0n) is 12.0. The van der Waals surface area contributed by atoms with Gasteiger partial charge in [-0.25, -0.2) is 0 Å². The molecule has 5 nitrogen and oxygen atoms in total. The van der Waals surface area contributed by atoms with Crippen LogP contribution in [0.1, 0.15) is 26.7 Å². The summed E-state index contributed by atoms with van der Waals surface area (Å²) in [5.41, 5.74) is 5.30. The third-order valence-electron chi connectivity index (χ3n) is 3.14. The number of methoxy groups -OCH3 is 1. The van der Waals surface area contributed by atoms with Gasteiger partial charge in [-0.1, -0.05) is 19.0 Å². The van der Waals surface area contributed by atoms with Crippen molar-refractivity contribution in [2.24, 2.45) is 16.3 Å². The largest absolute Gasteiger partial charge is 0.497 e. The maximum atomic E-state index is 8.70. The highest BCUT2D eigenvalue weighted by molar-refractivity contribution is 9.10. The fourth-order valence-corrected chi connectivity index (χ4v) is 2.16. The molecule has 0 heterocycles. The molecule has 0 spiro atoms. The van der Waals surface area contributed by atoms with E-state index in [0.717, 1.165) is 28.8 Å². The molecule has 0 aromatic heterocycles. The van der Waals surface area contributed by atoms with Gasteiger partial charge in [-0.2, -0.15) is 0 Å². The van der Waals surface area contributed by atoms with Crippen molar-refractivity contribution in [3.8, 4) is 11.5 Å². The summed E-state index contributed by atoms with van der Waals surface area (Å²) in [5.74, 6) is 1.79. The van der Waals surface area contributed by atoms with Gasteiger partial charge < -0.3 is 20.4 Å². The number of nitrogens with zero attached hydrogens (tertiary/aromatic N) is 1. The summed E-state index contributed by atoms with van der Waals surface area (Å²) in [5, 5.41) is 11.8. The molecule has 1 rings (SSSR count). The van der Waals surface area contributed by atoms with Gasteiger partial charge in [0.1, 0.15) is 17.3 Å². The third kappa shape index (κ3) is 4.59. The second-order valence-corrected chi connectivity index (χ2v) is 5.97. The van der Waals surface area contributed by atoms with Crippen molar-refractivity contribution in [1.82, 2.24) is 0 Å². The molecule has 0 aliphatic carbocycles. The Morgan fingerprint density at radius 2 is 2.15 bits per heavy atom. The lowest BCUT2D eigenvalue weighted by atomic mass is 9.87. The SMILES string of the molecule is COc1ccc(OCCCC(C)(C)/C(N)=N/O)c(Br)c1. The van der Waals surface area contributed by atoms with E-state index < -0.39 is 0 Å². The van der Waals surface area contributed by atoms with Crippen LogP contribution in [0.25, 0.3) is 0 Å². The van der Waals surface area contributed by atoms with Crippen LogP contribution in [0.15, 0.2) is 27.8 Å². The highest BCUT2D eigenvalue weighted by atomic mass is 79.9. The molecule has 0 bridgehead atoms. The molecule has 1 aromatic carbocycles. The van der Waals surface area contributed by atoms with E-state index >= 15 is 0 Å². The number of amidine groups is 1. The minimum Gasteiger partial charge on any atom is -0.497 e. The number of hydrogen-bond acceptors (Lipinski definition) is 4. The molecule has 0 aliphatic heterocycles. The van der Waals surface area contributed by atoms with Crippen LogP contribution < -0.4 is 15.2 Å². The first-order chi connectivity index (χ1) is 9.40. The summed E-state index contributed by atoms with van der Waals surface area (Å²) in [6.07, 6.45) is 1.58. The van der Waals surface area contributed by atoms with Crippen molar-refractivity contribution in [2.75, 3.05) is 13.7 Å². The monoisotopic (exact) mass is 344 g/mol. The van der Waals surface area contributed by atoms with E-state index in [2.05, 4.69) is 21.1 Å². The lowest BCUT2D eigenvalue weighted by Gasteiger charge is -2.22. The first-order valence-corrected chi connectivity index (χ1v) is 7.14. The Morgan fingerprint density at radius 3 is 2.70 bits per heavy atom. The predicted molar refractivity (Wildman–Crippen MR) is 82.6 cm³/mol. The van der Waals surface area contributed by atoms with Crippen molar-refractivity contribution in [3.05, 3.63) is 22.7 Å². The minimum absolute atomic E-state index is 0.239. The predicted octanol–water partition coefficient (Wildman–Crippen LogP) is 3.39. The molecule has 6 heteroatoms. The molecule has 112 valence electrons. The Hall–Kier alpha value is -1.43. The van der Waals surface area contributed by atoms with Crippen LogP contribution in [0.4, 0.5) is 0 Å². The molecule has 0 amide bonds. The van der Waals surface area contributed by atoms with Gasteiger partial charge >= 0.3 is 0 Å². The average molecular weight is 345 g/mol. The summed E-state index contributed by atoms with van der Waals surface area (Å²) in [6.45, 7) is 4.43. The Bertz CT molecular complexity index is 475. The Labute approximate surface area is 127 Å². The molecule has 0 radical (unpaired) electrons. The van der Waals surface area contributed by atoms with E-state index in [0.29, 0.717) is 6.61 Å². The van der Waals surface area contributed by atoms with E-state index in [1.165, 1.54) is 0 Å². The second-order valence-electron chi connectivity index (χ2n) is 5.12. The first-order valence-electron chi connectivity index (χ1n) is 6.35. The van der Waals surface area contributed by atoms with Crippen molar-refractivity contribution in [2.45, 2.75) is 26.7 Å². The maximum Gasteiger partial charge on any atom is 0.144 e. The first kappa shape index (κ1) is 16.6. The number of benzene rings is 1. The fraction of sp³-hybridized carbons (Fsp3) is 0.500. The van der Waals surface area contributed by atoms with Crippen LogP contribution >= 0.6 is 15.9 Å². The van der Waals surface area contributed by atoms with Gasteiger partial charge in [0.2, 0.25) is 0 Å². The van der Waals surface area contributed by atoms with E-state index in [1.54, 1.807) is 7.11 Å². The molecule has 0 aliphatic rings. The van der Waals surface area contributed by atoms with Gasteiger partial charge in [-0.3, -0.25) is 0 Å². The lowest BCUT2D eigenvalue weighted by molar-refractivity contribution is 0.276. The number of hydrogen-bond donors (Lipinski definition) is 2. The summed E-state index contributed by atoms with van der Waals surface area (Å²) >= 11 is 3.44. The Kier molecular flexibility index (Phi) is 6.13. The van der Waals surface area contributed by atoms with Crippen molar-refractivity contribution < 1.29 is 14.7 Å². The second kappa shape index (κ2) is 7.38. The van der Waals surface area contributed by atoms with Crippen molar-refractivity contribution in [3.63, 3.8) is 0 Å². The molecule has 1 aromatic rings. The molecule has 20 heavy (non-hydrogen) atoms. The summed E-state index contributed by atoms with van der Waals surface area (Å²) in [6, 6.07) is 5.56. The highest BCUT2D eigenvalue weighted by Gasteiger charge is 2.22. The molecule has 0 fully saturated rings. The smallest absolute Gasteiger partial charge is 0.144 e. The minimum atomic E-state index is -0.338. The molecule has 0 unspecified atom stereocenters. The quantitative estimate of drug-likeness (QED) is 0.261. The molecular formula is C14H21BrN2O3. The van der Waals surface area contributed by atoms with Crippen LogP contribution in [-0.4, -0.2) is 24.8 Å². The summed E-state index contributed by atoms with van der Waals surface area (Å²) < 4.78 is 11.7. The third-order valence-corrected chi connectivity index (χ3v) is 3.76. The summed E-state index contributed by atoms with van der Waals surface area (Å²) in [4.78, 5) is 0. The molecule has 0 saturated heterocycles. The van der Waals surface area contributed by atoms with E-state index in [4.69, 9.17) is 20.4 Å². The van der Waals surface area contributed by atoms with Gasteiger partial charge in [-0.05, 0) is 47.0 Å². The zero-order valence-corrected chi connectivity index (χ0v) is 13.6. The number of oxime groups is 1. The van der Waals surface area contributed by atoms with E-state index in [9.17, 15) is 0 Å². The van der Waals surface area contributed by atoms with Crippen LogP contribution in [0.3, 0.4) is 0 Å². The van der Waals surface area contributed by atoms with Crippen molar-refractivity contribution in [1.29, 1.82) is 0 Å². The average Bonchev–Trinajstić information content (AvgIpc) is 2.43. The van der Waals surface area contributed by atoms with Gasteiger partial charge in [-0.15, -0.1) is 0 Å². The normalized spacial score (nSPS) is 12.3. The maximum absolute atomic E-state index is 8.70. The number of rotatable bonds is 7. The Balaban J connectivity index is 2.46. The van der Waals surface area contributed by atoms with Gasteiger partial charge in [0, 0.05) is 5.41 Å². The number of halogens is 1. The van der Waals surface area contributed by atoms with Crippen LogP contribution in [0.5, 0.6) is 11.5 Å². The van der Waals surface area contributed by atoms with E-state index in [-0.39, 0.29) is 11.3 Å². The topological polar surface area (TPSA) is 77.1 Å². The van der Waals surface area contributed by atoms with Gasteiger partial charge in [0.15, 0.2) is 0 Å². The fourth-order valence-electron chi connectivity index (χ4n) is 1.69. The zero-order chi connectivity index (χ0) is 15.2. The number of nitrogens with two attached hydrogens (primary N) is 1. The molecule has 3 N–H and O–H groups in total. The Morgan fingerprint density at radius 1 is 1.45 bits per heavy atom. The van der Waals surface area contributed by atoms with E-state index in [1.807, 2.05) is 32.0 Å². The van der Waals surface area contributed by atoms with Crippen LogP contribution in [0, 0.1) is 5.41 Å². The standard InChI is InChI=1S/C14H21BrN2O3/c1-14(2,13(16)17-18)7-4-8-20-12-6-5-10(19-3)9-11(12)15/h5-6,9,18H,4,7-8H2,1-3H3,(H2,16,17). The summed E-state index contributed by atoms with van der Waals surface area (Å²) in [7, 11) is 1.62. The van der Waals surface area contributed by atoms with Crippen molar-refractivity contribution >= 4 is 21.8 Å². The van der Waals surface area contributed by atoms with Gasteiger partial charge in [0.25, 0.3) is 0 Å². The molecule has 0 atom stereocenters. The lowest BCUT2D eigenvalue weighted by Crippen LogP contribution is -2.32. The van der Waals surface area contributed by atoms with Gasteiger partial charge in [0.05, 0.1) is 18.2 Å². The van der Waals surface area contributed by atoms with Crippen LogP contribution in [0.2, 0.25) is 0 Å². The van der Waals surface area contributed by atoms with Crippen LogP contribution in [-0.2, 0) is 0 Å².